The standard InChI is InChI=1S/C27H44O3Si/c1-7-26(28)15-9-12-23(2)11-8-13-25(22-31(4,5)6)14-10-20-30-21-24-16-18-27(29-3)19-17-24/h7,11,14,16-19,26,28H,1,8-10,12-13,15,20-22H2,2-6H3/b23-11+,25-14-. The molecule has 0 bridgehead atoms. The molecule has 0 saturated carbocycles. The number of rotatable bonds is 16. The van der Waals surface area contributed by atoms with Gasteiger partial charge in [-0.05, 0) is 69.2 Å². The van der Waals surface area contributed by atoms with E-state index < -0.39 is 8.07 Å². The molecule has 1 atom stereocenters. The Labute approximate surface area is 191 Å². The third-order valence-corrected chi connectivity index (χ3v) is 6.70. The second kappa shape index (κ2) is 15.2. The summed E-state index contributed by atoms with van der Waals surface area (Å²) in [7, 11) is 0.539. The Bertz CT molecular complexity index is 683. The molecule has 0 amide bonds. The lowest BCUT2D eigenvalue weighted by Gasteiger charge is -2.18. The predicted octanol–water partition coefficient (Wildman–Crippen LogP) is 7.31. The Morgan fingerprint density at radius 2 is 1.81 bits per heavy atom. The van der Waals surface area contributed by atoms with Crippen molar-refractivity contribution in [2.75, 3.05) is 13.7 Å². The van der Waals surface area contributed by atoms with E-state index in [1.807, 2.05) is 12.1 Å². The molecule has 1 N–H and O–H groups in total. The van der Waals surface area contributed by atoms with Crippen molar-refractivity contribution in [3.05, 3.63) is 65.8 Å². The molecular weight excluding hydrogens is 400 g/mol. The largest absolute Gasteiger partial charge is 0.497 e. The molecule has 0 spiro atoms. The van der Waals surface area contributed by atoms with E-state index in [2.05, 4.69) is 57.4 Å². The fourth-order valence-electron chi connectivity index (χ4n) is 3.52. The van der Waals surface area contributed by atoms with E-state index in [1.165, 1.54) is 17.2 Å². The molecule has 1 rings (SSSR count). The van der Waals surface area contributed by atoms with Crippen molar-refractivity contribution >= 4 is 8.07 Å². The molecule has 0 aliphatic carbocycles. The zero-order chi connectivity index (χ0) is 23.1. The molecule has 0 saturated heterocycles. The van der Waals surface area contributed by atoms with Gasteiger partial charge in [0.2, 0.25) is 0 Å². The number of allylic oxidation sites excluding steroid dienone is 3. The molecule has 0 fully saturated rings. The summed E-state index contributed by atoms with van der Waals surface area (Å²) in [5.41, 5.74) is 4.18. The number of methoxy groups -OCH3 is 1. The van der Waals surface area contributed by atoms with E-state index >= 15 is 0 Å². The third-order valence-electron chi connectivity index (χ3n) is 5.18. The number of ether oxygens (including phenoxy) is 2. The summed E-state index contributed by atoms with van der Waals surface area (Å²) in [6.07, 6.45) is 12.1. The SMILES string of the molecule is C=CC(O)CCC/C(C)=C/CC/C(=C/CCOCc1ccc(OC)cc1)C[Si](C)(C)C. The van der Waals surface area contributed by atoms with Gasteiger partial charge in [0.25, 0.3) is 0 Å². The molecule has 0 aromatic heterocycles. The van der Waals surface area contributed by atoms with Gasteiger partial charge in [0, 0.05) is 8.07 Å². The lowest BCUT2D eigenvalue weighted by atomic mass is 10.0. The molecule has 1 aromatic carbocycles. The van der Waals surface area contributed by atoms with Crippen LogP contribution in [0.25, 0.3) is 0 Å². The quantitative estimate of drug-likeness (QED) is 0.165. The van der Waals surface area contributed by atoms with Crippen molar-refractivity contribution in [2.45, 2.75) is 83.8 Å². The van der Waals surface area contributed by atoms with Gasteiger partial charge >= 0.3 is 0 Å². The number of aliphatic hydroxyl groups is 1. The maximum atomic E-state index is 9.58. The number of aliphatic hydroxyl groups excluding tert-OH is 1. The highest BCUT2D eigenvalue weighted by Gasteiger charge is 2.15. The maximum Gasteiger partial charge on any atom is 0.118 e. The lowest BCUT2D eigenvalue weighted by molar-refractivity contribution is 0.125. The Morgan fingerprint density at radius 1 is 1.10 bits per heavy atom. The van der Waals surface area contributed by atoms with Gasteiger partial charge < -0.3 is 14.6 Å². The van der Waals surface area contributed by atoms with Gasteiger partial charge in [-0.15, -0.1) is 6.58 Å². The van der Waals surface area contributed by atoms with Gasteiger partial charge in [0.05, 0.1) is 26.4 Å². The Balaban J connectivity index is 2.43. The van der Waals surface area contributed by atoms with Crippen LogP contribution in [-0.4, -0.2) is 33.0 Å². The zero-order valence-electron chi connectivity index (χ0n) is 20.5. The van der Waals surface area contributed by atoms with Gasteiger partial charge in [-0.2, -0.15) is 0 Å². The Kier molecular flexibility index (Phi) is 13.5. The van der Waals surface area contributed by atoms with Crippen molar-refractivity contribution in [1.29, 1.82) is 0 Å². The average molecular weight is 445 g/mol. The van der Waals surface area contributed by atoms with Crippen LogP contribution >= 0.6 is 0 Å². The summed E-state index contributed by atoms with van der Waals surface area (Å²) in [5.74, 6) is 0.876. The van der Waals surface area contributed by atoms with E-state index in [0.717, 1.165) is 50.9 Å². The first-order chi connectivity index (χ1) is 14.7. The fourth-order valence-corrected chi connectivity index (χ4v) is 5.20. The molecular formula is C27H44O3Si. The Morgan fingerprint density at radius 3 is 2.42 bits per heavy atom. The summed E-state index contributed by atoms with van der Waals surface area (Å²) in [4.78, 5) is 0. The van der Waals surface area contributed by atoms with E-state index in [4.69, 9.17) is 9.47 Å². The van der Waals surface area contributed by atoms with Crippen molar-refractivity contribution in [1.82, 2.24) is 0 Å². The highest BCUT2D eigenvalue weighted by molar-refractivity contribution is 6.76. The van der Waals surface area contributed by atoms with Crippen LogP contribution in [0.5, 0.6) is 5.75 Å². The topological polar surface area (TPSA) is 38.7 Å². The van der Waals surface area contributed by atoms with E-state index in [1.54, 1.807) is 18.8 Å². The van der Waals surface area contributed by atoms with Crippen molar-refractivity contribution in [3.8, 4) is 5.75 Å². The molecule has 31 heavy (non-hydrogen) atoms. The summed E-state index contributed by atoms with van der Waals surface area (Å²) in [6.45, 7) is 14.5. The number of benzene rings is 1. The van der Waals surface area contributed by atoms with Crippen LogP contribution in [0.15, 0.2) is 60.2 Å². The summed E-state index contributed by atoms with van der Waals surface area (Å²) >= 11 is 0. The average Bonchev–Trinajstić information content (AvgIpc) is 2.72. The molecule has 4 heteroatoms. The van der Waals surface area contributed by atoms with Crippen LogP contribution in [0.3, 0.4) is 0 Å². The smallest absolute Gasteiger partial charge is 0.118 e. The molecule has 0 aliphatic heterocycles. The van der Waals surface area contributed by atoms with Crippen LogP contribution < -0.4 is 4.74 Å². The highest BCUT2D eigenvalue weighted by atomic mass is 28.3. The van der Waals surface area contributed by atoms with Crippen molar-refractivity contribution in [3.63, 3.8) is 0 Å². The predicted molar refractivity (Wildman–Crippen MR) is 137 cm³/mol. The van der Waals surface area contributed by atoms with Crippen LogP contribution in [0.2, 0.25) is 25.7 Å². The fraction of sp³-hybridized carbons (Fsp3) is 0.556. The lowest BCUT2D eigenvalue weighted by Crippen LogP contribution is -2.20. The van der Waals surface area contributed by atoms with E-state index in [-0.39, 0.29) is 6.10 Å². The molecule has 0 heterocycles. The molecule has 3 nitrogen and oxygen atoms in total. The first-order valence-corrected chi connectivity index (χ1v) is 15.3. The monoisotopic (exact) mass is 444 g/mol. The summed E-state index contributed by atoms with van der Waals surface area (Å²) in [6, 6.07) is 9.31. The molecule has 1 aromatic rings. The second-order valence-electron chi connectivity index (χ2n) is 9.57. The summed E-state index contributed by atoms with van der Waals surface area (Å²) in [5, 5.41) is 9.58. The Hall–Kier alpha value is -1.62. The van der Waals surface area contributed by atoms with E-state index in [9.17, 15) is 5.11 Å². The van der Waals surface area contributed by atoms with Gasteiger partial charge in [-0.25, -0.2) is 0 Å². The minimum atomic E-state index is -1.14. The van der Waals surface area contributed by atoms with Gasteiger partial charge in [0.1, 0.15) is 5.75 Å². The van der Waals surface area contributed by atoms with Crippen LogP contribution in [0, 0.1) is 0 Å². The minimum Gasteiger partial charge on any atom is -0.497 e. The normalized spacial score (nSPS) is 13.9. The van der Waals surface area contributed by atoms with Gasteiger partial charge in [-0.1, -0.05) is 61.1 Å². The van der Waals surface area contributed by atoms with Crippen LogP contribution in [-0.2, 0) is 11.3 Å². The first-order valence-electron chi connectivity index (χ1n) is 11.6. The van der Waals surface area contributed by atoms with Gasteiger partial charge in [-0.3, -0.25) is 0 Å². The molecule has 0 aliphatic rings. The number of hydrogen-bond donors (Lipinski definition) is 1. The molecule has 174 valence electrons. The maximum absolute atomic E-state index is 9.58. The first kappa shape index (κ1) is 27.4. The van der Waals surface area contributed by atoms with Crippen molar-refractivity contribution < 1.29 is 14.6 Å². The molecule has 0 radical (unpaired) electrons. The van der Waals surface area contributed by atoms with Crippen LogP contribution in [0.1, 0.15) is 51.0 Å². The zero-order valence-corrected chi connectivity index (χ0v) is 21.5. The van der Waals surface area contributed by atoms with Gasteiger partial charge in [0.15, 0.2) is 0 Å². The highest BCUT2D eigenvalue weighted by Crippen LogP contribution is 2.22. The molecule has 1 unspecified atom stereocenters. The third kappa shape index (κ3) is 14.1. The second-order valence-corrected chi connectivity index (χ2v) is 15.0. The number of hydrogen-bond acceptors (Lipinski definition) is 3. The summed E-state index contributed by atoms with van der Waals surface area (Å²) < 4.78 is 11.1. The van der Waals surface area contributed by atoms with Crippen molar-refractivity contribution in [2.24, 2.45) is 0 Å². The van der Waals surface area contributed by atoms with E-state index in [0.29, 0.717) is 6.61 Å². The minimum absolute atomic E-state index is 0.369. The van der Waals surface area contributed by atoms with Crippen LogP contribution in [0.4, 0.5) is 0 Å².